The van der Waals surface area contributed by atoms with Gasteiger partial charge in [0, 0.05) is 3.92 Å². The van der Waals surface area contributed by atoms with Crippen LogP contribution in [0.15, 0.2) is 0 Å². The molecule has 8 heavy (non-hydrogen) atoms. The van der Waals surface area contributed by atoms with Crippen molar-refractivity contribution in [3.8, 4) is 0 Å². The molecule has 1 rings (SSSR count). The van der Waals surface area contributed by atoms with E-state index in [4.69, 9.17) is 0 Å². The van der Waals surface area contributed by atoms with E-state index in [1.807, 2.05) is 0 Å². The van der Waals surface area contributed by atoms with Gasteiger partial charge in [-0.1, -0.05) is 42.4 Å². The van der Waals surface area contributed by atoms with Crippen LogP contribution >= 0.6 is 22.6 Å². The average Bonchev–Trinajstić information content (AvgIpc) is 1.77. The number of hydrogen-bond acceptors (Lipinski definition) is 0. The standard InChI is InChI=1S/C7H13I/c1-6-4-2-3-5-7(6)8/h6-7H,2-5H2,1H3/t6?,7-/m0/s1. The highest BCUT2D eigenvalue weighted by Crippen LogP contribution is 2.29. The Hall–Kier alpha value is 0.730. The van der Waals surface area contributed by atoms with Crippen LogP contribution in [0.5, 0.6) is 0 Å². The first-order valence-corrected chi connectivity index (χ1v) is 4.69. The van der Waals surface area contributed by atoms with Crippen LogP contribution in [-0.2, 0) is 0 Å². The molecule has 1 heteroatoms. The van der Waals surface area contributed by atoms with Crippen molar-refractivity contribution in [1.82, 2.24) is 0 Å². The molecule has 0 aliphatic heterocycles. The minimum Gasteiger partial charge on any atom is -0.0823 e. The highest BCUT2D eigenvalue weighted by atomic mass is 127. The van der Waals surface area contributed by atoms with Crippen LogP contribution in [0.25, 0.3) is 0 Å². The monoisotopic (exact) mass is 224 g/mol. The SMILES string of the molecule is CC1CCCC[C@@H]1I. The molecular formula is C7H13I. The third-order valence-corrected chi connectivity index (χ3v) is 3.86. The van der Waals surface area contributed by atoms with E-state index in [0.717, 1.165) is 9.84 Å². The second-order valence-electron chi connectivity index (χ2n) is 2.78. The lowest BCUT2D eigenvalue weighted by molar-refractivity contribution is 0.409. The Bertz CT molecular complexity index is 60.8. The van der Waals surface area contributed by atoms with Crippen LogP contribution in [0.4, 0.5) is 0 Å². The quantitative estimate of drug-likeness (QED) is 0.438. The smallest absolute Gasteiger partial charge is 0.0135 e. The fourth-order valence-corrected chi connectivity index (χ4v) is 2.07. The fraction of sp³-hybridized carbons (Fsp3) is 1.00. The van der Waals surface area contributed by atoms with Gasteiger partial charge < -0.3 is 0 Å². The molecule has 0 N–H and O–H groups in total. The third-order valence-electron chi connectivity index (χ3n) is 2.01. The van der Waals surface area contributed by atoms with Crippen LogP contribution in [0.1, 0.15) is 32.6 Å². The molecule has 1 aliphatic rings. The molecular weight excluding hydrogens is 211 g/mol. The summed E-state index contributed by atoms with van der Waals surface area (Å²) in [5.41, 5.74) is 0. The predicted octanol–water partition coefficient (Wildman–Crippen LogP) is 3.00. The van der Waals surface area contributed by atoms with E-state index in [-0.39, 0.29) is 0 Å². The van der Waals surface area contributed by atoms with Crippen LogP contribution in [0.3, 0.4) is 0 Å². The zero-order valence-electron chi connectivity index (χ0n) is 5.36. The van der Waals surface area contributed by atoms with E-state index in [2.05, 4.69) is 29.5 Å². The topological polar surface area (TPSA) is 0 Å². The Labute approximate surface area is 65.2 Å². The molecule has 0 aromatic rings. The Kier molecular flexibility index (Phi) is 2.60. The summed E-state index contributed by atoms with van der Waals surface area (Å²) >= 11 is 2.58. The zero-order valence-corrected chi connectivity index (χ0v) is 7.52. The molecule has 1 unspecified atom stereocenters. The first-order chi connectivity index (χ1) is 3.80. The molecule has 0 radical (unpaired) electrons. The van der Waals surface area contributed by atoms with Gasteiger partial charge in [-0.2, -0.15) is 0 Å². The number of rotatable bonds is 0. The first kappa shape index (κ1) is 6.84. The van der Waals surface area contributed by atoms with Gasteiger partial charge in [0.25, 0.3) is 0 Å². The van der Waals surface area contributed by atoms with Crippen molar-refractivity contribution in [1.29, 1.82) is 0 Å². The molecule has 0 saturated heterocycles. The molecule has 0 heterocycles. The number of halogens is 1. The molecule has 0 spiro atoms. The summed E-state index contributed by atoms with van der Waals surface area (Å²) in [6.45, 7) is 2.37. The lowest BCUT2D eigenvalue weighted by atomic mass is 9.91. The van der Waals surface area contributed by atoms with Crippen molar-refractivity contribution in [2.75, 3.05) is 0 Å². The molecule has 0 nitrogen and oxygen atoms in total. The van der Waals surface area contributed by atoms with E-state index >= 15 is 0 Å². The van der Waals surface area contributed by atoms with E-state index < -0.39 is 0 Å². The number of alkyl halides is 1. The molecule has 1 aliphatic carbocycles. The molecule has 0 aromatic carbocycles. The molecule has 0 bridgehead atoms. The van der Waals surface area contributed by atoms with Crippen LogP contribution in [0, 0.1) is 5.92 Å². The van der Waals surface area contributed by atoms with Gasteiger partial charge in [0.2, 0.25) is 0 Å². The van der Waals surface area contributed by atoms with Crippen molar-refractivity contribution >= 4 is 22.6 Å². The third kappa shape index (κ3) is 1.61. The summed E-state index contributed by atoms with van der Waals surface area (Å²) in [6, 6.07) is 0. The first-order valence-electron chi connectivity index (χ1n) is 3.45. The molecule has 48 valence electrons. The minimum absolute atomic E-state index is 0.973. The van der Waals surface area contributed by atoms with Gasteiger partial charge in [-0.15, -0.1) is 0 Å². The van der Waals surface area contributed by atoms with Gasteiger partial charge in [-0.25, -0.2) is 0 Å². The predicted molar refractivity (Wildman–Crippen MR) is 45.4 cm³/mol. The van der Waals surface area contributed by atoms with Gasteiger partial charge in [-0.3, -0.25) is 0 Å². The Morgan fingerprint density at radius 1 is 1.25 bits per heavy atom. The van der Waals surface area contributed by atoms with Gasteiger partial charge in [-0.05, 0) is 18.8 Å². The minimum atomic E-state index is 0.973. The van der Waals surface area contributed by atoms with E-state index in [1.54, 1.807) is 0 Å². The summed E-state index contributed by atoms with van der Waals surface area (Å²) in [7, 11) is 0. The van der Waals surface area contributed by atoms with Crippen molar-refractivity contribution in [3.63, 3.8) is 0 Å². The van der Waals surface area contributed by atoms with Crippen molar-refractivity contribution in [2.45, 2.75) is 36.5 Å². The van der Waals surface area contributed by atoms with Crippen molar-refractivity contribution in [2.24, 2.45) is 5.92 Å². The number of hydrogen-bond donors (Lipinski definition) is 0. The zero-order chi connectivity index (χ0) is 5.98. The van der Waals surface area contributed by atoms with Crippen LogP contribution in [0.2, 0.25) is 0 Å². The fourth-order valence-electron chi connectivity index (χ4n) is 1.27. The van der Waals surface area contributed by atoms with Crippen LogP contribution < -0.4 is 0 Å². The molecule has 2 atom stereocenters. The summed E-state index contributed by atoms with van der Waals surface area (Å²) < 4.78 is 0.973. The summed E-state index contributed by atoms with van der Waals surface area (Å²) in [6.07, 6.45) is 5.87. The normalized spacial score (nSPS) is 39.8. The Balaban J connectivity index is 2.28. The van der Waals surface area contributed by atoms with Crippen molar-refractivity contribution < 1.29 is 0 Å². The lowest BCUT2D eigenvalue weighted by Gasteiger charge is -2.23. The molecule has 1 saturated carbocycles. The summed E-state index contributed by atoms with van der Waals surface area (Å²) in [5.74, 6) is 0.990. The second kappa shape index (κ2) is 3.04. The van der Waals surface area contributed by atoms with E-state index in [1.165, 1.54) is 25.7 Å². The highest BCUT2D eigenvalue weighted by molar-refractivity contribution is 14.1. The maximum atomic E-state index is 2.58. The lowest BCUT2D eigenvalue weighted by Crippen LogP contribution is -2.15. The van der Waals surface area contributed by atoms with Crippen molar-refractivity contribution in [3.05, 3.63) is 0 Å². The largest absolute Gasteiger partial charge is 0.0823 e. The van der Waals surface area contributed by atoms with Crippen LogP contribution in [-0.4, -0.2) is 3.92 Å². The summed E-state index contributed by atoms with van der Waals surface area (Å²) in [4.78, 5) is 0. The summed E-state index contributed by atoms with van der Waals surface area (Å²) in [5, 5.41) is 0. The highest BCUT2D eigenvalue weighted by Gasteiger charge is 2.17. The van der Waals surface area contributed by atoms with Gasteiger partial charge in [0.05, 0.1) is 0 Å². The Morgan fingerprint density at radius 3 is 2.25 bits per heavy atom. The van der Waals surface area contributed by atoms with E-state index in [9.17, 15) is 0 Å². The maximum absolute atomic E-state index is 2.58. The van der Waals surface area contributed by atoms with Gasteiger partial charge >= 0.3 is 0 Å². The maximum Gasteiger partial charge on any atom is 0.0135 e. The Morgan fingerprint density at radius 2 is 1.88 bits per heavy atom. The van der Waals surface area contributed by atoms with E-state index in [0.29, 0.717) is 0 Å². The molecule has 1 fully saturated rings. The average molecular weight is 224 g/mol. The van der Waals surface area contributed by atoms with Gasteiger partial charge in [0.15, 0.2) is 0 Å². The molecule has 0 aromatic heterocycles. The second-order valence-corrected chi connectivity index (χ2v) is 4.38. The van der Waals surface area contributed by atoms with Gasteiger partial charge in [0.1, 0.15) is 0 Å². The molecule has 0 amide bonds.